The van der Waals surface area contributed by atoms with Crippen LogP contribution in [0.15, 0.2) is 0 Å². The molecule has 1 unspecified atom stereocenters. The lowest BCUT2D eigenvalue weighted by Gasteiger charge is -2.15. The third-order valence-electron chi connectivity index (χ3n) is 2.95. The van der Waals surface area contributed by atoms with Gasteiger partial charge in [0.1, 0.15) is 0 Å². The second-order valence-corrected chi connectivity index (χ2v) is 4.89. The lowest BCUT2D eigenvalue weighted by Crippen LogP contribution is -2.32. The largest absolute Gasteiger partial charge is 0.354 e. The number of nitrogens with zero attached hydrogens (tertiary/aromatic N) is 4. The van der Waals surface area contributed by atoms with Crippen molar-refractivity contribution in [2.45, 2.75) is 25.8 Å². The summed E-state index contributed by atoms with van der Waals surface area (Å²) in [5.41, 5.74) is 0. The second-order valence-electron chi connectivity index (χ2n) is 4.89. The van der Waals surface area contributed by atoms with E-state index in [1.807, 2.05) is 25.9 Å². The Balaban J connectivity index is 2.03. The summed E-state index contributed by atoms with van der Waals surface area (Å²) in [4.78, 5) is 25.9. The zero-order valence-corrected chi connectivity index (χ0v) is 12.1. The molecule has 0 aliphatic carbocycles. The third kappa shape index (κ3) is 3.69. The number of carbonyl (C=O) groups excluding carboxylic acids is 1. The Hall–Kier alpha value is -2.12. The quantitative estimate of drug-likeness (QED) is 0.677. The highest BCUT2D eigenvalue weighted by atomic mass is 16.1. The number of nitrogens with one attached hydrogen (secondary N) is 3. The van der Waals surface area contributed by atoms with E-state index in [0.29, 0.717) is 30.8 Å². The standard InChI is InChI=1S/C12H21N7O/c1-4-13-10-16-11(18-12(17-10)19(2)3)14-7-8-5-6-9(20)15-8/h8H,4-7H2,1-3H3,(H,15,20)(H2,13,14,16,17,18). The van der Waals surface area contributed by atoms with Gasteiger partial charge in [-0.2, -0.15) is 15.0 Å². The van der Waals surface area contributed by atoms with Crippen molar-refractivity contribution in [1.29, 1.82) is 0 Å². The maximum atomic E-state index is 11.2. The summed E-state index contributed by atoms with van der Waals surface area (Å²) in [5.74, 6) is 1.76. The van der Waals surface area contributed by atoms with Crippen molar-refractivity contribution in [3.05, 3.63) is 0 Å². The molecule has 0 saturated carbocycles. The first-order chi connectivity index (χ1) is 9.58. The van der Waals surface area contributed by atoms with Crippen LogP contribution >= 0.6 is 0 Å². The first-order valence-electron chi connectivity index (χ1n) is 6.79. The van der Waals surface area contributed by atoms with Crippen molar-refractivity contribution in [1.82, 2.24) is 20.3 Å². The van der Waals surface area contributed by atoms with Gasteiger partial charge in [-0.3, -0.25) is 4.79 Å². The van der Waals surface area contributed by atoms with E-state index in [1.54, 1.807) is 0 Å². The molecule has 1 saturated heterocycles. The van der Waals surface area contributed by atoms with Gasteiger partial charge in [-0.25, -0.2) is 0 Å². The van der Waals surface area contributed by atoms with Gasteiger partial charge in [0.2, 0.25) is 23.8 Å². The Labute approximate surface area is 118 Å². The molecule has 0 radical (unpaired) electrons. The highest BCUT2D eigenvalue weighted by molar-refractivity contribution is 5.78. The molecule has 0 aromatic carbocycles. The van der Waals surface area contributed by atoms with Gasteiger partial charge in [-0.15, -0.1) is 0 Å². The Kier molecular flexibility index (Phi) is 4.54. The summed E-state index contributed by atoms with van der Waals surface area (Å²) >= 11 is 0. The van der Waals surface area contributed by atoms with Gasteiger partial charge >= 0.3 is 0 Å². The lowest BCUT2D eigenvalue weighted by atomic mass is 10.2. The molecule has 0 spiro atoms. The van der Waals surface area contributed by atoms with E-state index in [4.69, 9.17) is 0 Å². The van der Waals surface area contributed by atoms with E-state index in [0.717, 1.165) is 13.0 Å². The number of anilines is 3. The number of hydrogen-bond donors (Lipinski definition) is 3. The van der Waals surface area contributed by atoms with Crippen LogP contribution in [0.3, 0.4) is 0 Å². The van der Waals surface area contributed by atoms with Crippen molar-refractivity contribution in [2.24, 2.45) is 0 Å². The minimum absolute atomic E-state index is 0.106. The van der Waals surface area contributed by atoms with Crippen LogP contribution in [-0.4, -0.2) is 54.1 Å². The number of carbonyl (C=O) groups is 1. The molecule has 1 aliphatic rings. The van der Waals surface area contributed by atoms with E-state index >= 15 is 0 Å². The van der Waals surface area contributed by atoms with Crippen LogP contribution in [0.5, 0.6) is 0 Å². The van der Waals surface area contributed by atoms with Gasteiger partial charge in [0.15, 0.2) is 0 Å². The van der Waals surface area contributed by atoms with Crippen molar-refractivity contribution in [3.8, 4) is 0 Å². The van der Waals surface area contributed by atoms with E-state index in [2.05, 4.69) is 30.9 Å². The first-order valence-corrected chi connectivity index (χ1v) is 6.79. The molecule has 1 aliphatic heterocycles. The summed E-state index contributed by atoms with van der Waals surface area (Å²) in [5, 5.41) is 9.14. The second kappa shape index (κ2) is 6.36. The van der Waals surface area contributed by atoms with Gasteiger partial charge in [0, 0.05) is 39.6 Å². The molecule has 1 aromatic rings. The summed E-state index contributed by atoms with van der Waals surface area (Å²) < 4.78 is 0. The van der Waals surface area contributed by atoms with Gasteiger partial charge in [-0.05, 0) is 13.3 Å². The normalized spacial score (nSPS) is 17.8. The van der Waals surface area contributed by atoms with Gasteiger partial charge in [-0.1, -0.05) is 0 Å². The Bertz CT molecular complexity index is 477. The Morgan fingerprint density at radius 2 is 1.95 bits per heavy atom. The molecule has 3 N–H and O–H groups in total. The molecule has 8 heteroatoms. The minimum Gasteiger partial charge on any atom is -0.354 e. The van der Waals surface area contributed by atoms with E-state index in [-0.39, 0.29) is 11.9 Å². The maximum Gasteiger partial charge on any atom is 0.231 e. The summed E-state index contributed by atoms with van der Waals surface area (Å²) in [7, 11) is 3.76. The maximum absolute atomic E-state index is 11.2. The molecular weight excluding hydrogens is 258 g/mol. The fourth-order valence-corrected chi connectivity index (χ4v) is 1.93. The van der Waals surface area contributed by atoms with Crippen molar-refractivity contribution in [3.63, 3.8) is 0 Å². The topological polar surface area (TPSA) is 95.1 Å². The highest BCUT2D eigenvalue weighted by Gasteiger charge is 2.20. The summed E-state index contributed by atoms with van der Waals surface area (Å²) in [6.07, 6.45) is 1.44. The van der Waals surface area contributed by atoms with Gasteiger partial charge in [0.25, 0.3) is 0 Å². The van der Waals surface area contributed by atoms with E-state index in [1.165, 1.54) is 0 Å². The molecule has 0 bridgehead atoms. The molecule has 1 aromatic heterocycles. The van der Waals surface area contributed by atoms with Gasteiger partial charge < -0.3 is 20.9 Å². The number of aromatic nitrogens is 3. The Morgan fingerprint density at radius 1 is 1.25 bits per heavy atom. The average Bonchev–Trinajstić information content (AvgIpc) is 2.82. The van der Waals surface area contributed by atoms with E-state index in [9.17, 15) is 4.79 Å². The van der Waals surface area contributed by atoms with Crippen molar-refractivity contribution in [2.75, 3.05) is 42.7 Å². The molecule has 1 atom stereocenters. The minimum atomic E-state index is 0.106. The molecule has 2 heterocycles. The molecular formula is C12H21N7O. The van der Waals surface area contributed by atoms with Crippen LogP contribution < -0.4 is 20.9 Å². The van der Waals surface area contributed by atoms with Gasteiger partial charge in [0.05, 0.1) is 0 Å². The van der Waals surface area contributed by atoms with Crippen LogP contribution in [0.25, 0.3) is 0 Å². The van der Waals surface area contributed by atoms with Crippen LogP contribution in [0, 0.1) is 0 Å². The molecule has 1 amide bonds. The number of hydrogen-bond acceptors (Lipinski definition) is 7. The summed E-state index contributed by atoms with van der Waals surface area (Å²) in [6.45, 7) is 3.35. The molecule has 2 rings (SSSR count). The monoisotopic (exact) mass is 279 g/mol. The third-order valence-corrected chi connectivity index (χ3v) is 2.95. The van der Waals surface area contributed by atoms with Crippen LogP contribution in [0.4, 0.5) is 17.8 Å². The van der Waals surface area contributed by atoms with E-state index < -0.39 is 0 Å². The first kappa shape index (κ1) is 14.3. The van der Waals surface area contributed by atoms with Crippen molar-refractivity contribution >= 4 is 23.8 Å². The summed E-state index contributed by atoms with van der Waals surface area (Å²) in [6, 6.07) is 0.143. The molecule has 8 nitrogen and oxygen atoms in total. The zero-order chi connectivity index (χ0) is 14.5. The SMILES string of the molecule is CCNc1nc(NCC2CCC(=O)N2)nc(N(C)C)n1. The lowest BCUT2D eigenvalue weighted by molar-refractivity contribution is -0.119. The number of rotatable bonds is 6. The predicted octanol–water partition coefficient (Wildman–Crippen LogP) is 0.0599. The van der Waals surface area contributed by atoms with Crippen LogP contribution in [-0.2, 0) is 4.79 Å². The number of amides is 1. The molecule has 110 valence electrons. The fourth-order valence-electron chi connectivity index (χ4n) is 1.93. The predicted molar refractivity (Wildman–Crippen MR) is 78.0 cm³/mol. The molecule has 20 heavy (non-hydrogen) atoms. The average molecular weight is 279 g/mol. The zero-order valence-electron chi connectivity index (χ0n) is 12.1. The Morgan fingerprint density at radius 3 is 2.50 bits per heavy atom. The van der Waals surface area contributed by atoms with Crippen LogP contribution in [0.2, 0.25) is 0 Å². The smallest absolute Gasteiger partial charge is 0.231 e. The fraction of sp³-hybridized carbons (Fsp3) is 0.667. The van der Waals surface area contributed by atoms with Crippen LogP contribution in [0.1, 0.15) is 19.8 Å². The van der Waals surface area contributed by atoms with Crippen molar-refractivity contribution < 1.29 is 4.79 Å². The molecule has 1 fully saturated rings. The highest BCUT2D eigenvalue weighted by Crippen LogP contribution is 2.12.